The molecule has 0 N–H and O–H groups in total. The van der Waals surface area contributed by atoms with E-state index in [1.165, 1.54) is 18.4 Å². The van der Waals surface area contributed by atoms with Crippen molar-refractivity contribution in [3.63, 3.8) is 0 Å². The minimum atomic E-state index is 0.406. The molecule has 86 valence electrons. The first-order valence-electron chi connectivity index (χ1n) is 6.12. The van der Waals surface area contributed by atoms with Crippen molar-refractivity contribution in [1.82, 2.24) is 4.90 Å². The first-order chi connectivity index (χ1) is 7.84. The summed E-state index contributed by atoms with van der Waals surface area (Å²) in [5, 5.41) is 0. The van der Waals surface area contributed by atoms with E-state index in [2.05, 4.69) is 35.2 Å². The second-order valence-electron chi connectivity index (χ2n) is 4.51. The molecule has 2 heteroatoms. The minimum absolute atomic E-state index is 0.406. The van der Waals surface area contributed by atoms with Crippen LogP contribution in [0.25, 0.3) is 0 Å². The topological polar surface area (TPSA) is 20.3 Å². The fraction of sp³-hybridized carbons (Fsp3) is 0.500. The number of likely N-dealkylation sites (tertiary alicyclic amines) is 1. The van der Waals surface area contributed by atoms with E-state index in [0.717, 1.165) is 25.9 Å². The summed E-state index contributed by atoms with van der Waals surface area (Å²) in [7, 11) is 0. The van der Waals surface area contributed by atoms with E-state index < -0.39 is 0 Å². The third-order valence-electron chi connectivity index (χ3n) is 3.14. The summed E-state index contributed by atoms with van der Waals surface area (Å²) >= 11 is 0. The lowest BCUT2D eigenvalue weighted by Crippen LogP contribution is -2.21. The van der Waals surface area contributed by atoms with Crippen LogP contribution in [0.3, 0.4) is 0 Å². The first kappa shape index (κ1) is 11.3. The quantitative estimate of drug-likeness (QED) is 0.705. The van der Waals surface area contributed by atoms with Gasteiger partial charge in [0.05, 0.1) is 6.54 Å². The Kier molecular flexibility index (Phi) is 4.11. The number of hydrogen-bond donors (Lipinski definition) is 0. The number of rotatable bonds is 5. The maximum absolute atomic E-state index is 11.1. The van der Waals surface area contributed by atoms with Gasteiger partial charge in [-0.05, 0) is 31.4 Å². The average Bonchev–Trinajstić information content (AvgIpc) is 2.72. The van der Waals surface area contributed by atoms with E-state index in [1.54, 1.807) is 0 Å². The molecule has 2 rings (SSSR count). The highest BCUT2D eigenvalue weighted by molar-refractivity contribution is 5.82. The van der Waals surface area contributed by atoms with Gasteiger partial charge in [0.1, 0.15) is 5.78 Å². The zero-order chi connectivity index (χ0) is 11.2. The number of ketones is 1. The molecule has 0 unspecified atom stereocenters. The Morgan fingerprint density at radius 3 is 2.62 bits per heavy atom. The molecule has 1 saturated heterocycles. The van der Waals surface area contributed by atoms with Crippen LogP contribution in [0.15, 0.2) is 30.3 Å². The van der Waals surface area contributed by atoms with E-state index >= 15 is 0 Å². The highest BCUT2D eigenvalue weighted by Crippen LogP contribution is 2.08. The summed E-state index contributed by atoms with van der Waals surface area (Å²) in [5.41, 5.74) is 1.42. The third-order valence-corrected chi connectivity index (χ3v) is 3.14. The Morgan fingerprint density at radius 2 is 1.94 bits per heavy atom. The molecule has 0 aliphatic carbocycles. The van der Waals surface area contributed by atoms with E-state index in [9.17, 15) is 4.79 Å². The third kappa shape index (κ3) is 3.46. The minimum Gasteiger partial charge on any atom is -0.298 e. The number of Topliss-reactive ketones (excluding diaryl/α,β-unsaturated/α-hetero) is 1. The Bertz CT molecular complexity index is 334. The molecule has 0 amide bonds. The van der Waals surface area contributed by atoms with Gasteiger partial charge in [-0.3, -0.25) is 9.69 Å². The normalized spacial score (nSPS) is 16.9. The molecule has 1 fully saturated rings. The van der Waals surface area contributed by atoms with Gasteiger partial charge in [0.2, 0.25) is 0 Å². The molecule has 1 aliphatic heterocycles. The second kappa shape index (κ2) is 5.80. The Balaban J connectivity index is 1.60. The smallest absolute Gasteiger partial charge is 0.148 e. The van der Waals surface area contributed by atoms with Gasteiger partial charge >= 0.3 is 0 Å². The summed E-state index contributed by atoms with van der Waals surface area (Å²) in [6, 6.07) is 10.6. The summed E-state index contributed by atoms with van der Waals surface area (Å²) in [4.78, 5) is 13.3. The maximum atomic E-state index is 11.1. The van der Waals surface area contributed by atoms with Crippen LogP contribution in [0.2, 0.25) is 0 Å². The van der Waals surface area contributed by atoms with Crippen LogP contribution in [0.1, 0.15) is 24.8 Å². The predicted octanol–water partition coefficient (Wildman–Crippen LogP) is 2.28. The van der Waals surface area contributed by atoms with Gasteiger partial charge in [0.25, 0.3) is 0 Å². The van der Waals surface area contributed by atoms with E-state index in [4.69, 9.17) is 0 Å². The van der Waals surface area contributed by atoms with Gasteiger partial charge in [-0.2, -0.15) is 0 Å². The maximum Gasteiger partial charge on any atom is 0.148 e. The van der Waals surface area contributed by atoms with Crippen molar-refractivity contribution in [1.29, 1.82) is 0 Å². The van der Waals surface area contributed by atoms with Crippen LogP contribution in [-0.4, -0.2) is 30.3 Å². The van der Waals surface area contributed by atoms with Crippen LogP contribution in [0.5, 0.6) is 0 Å². The molecule has 0 bridgehead atoms. The van der Waals surface area contributed by atoms with Crippen LogP contribution < -0.4 is 0 Å². The molecule has 1 aliphatic rings. The van der Waals surface area contributed by atoms with E-state index in [1.807, 2.05) is 0 Å². The number of benzene rings is 1. The van der Waals surface area contributed by atoms with Gasteiger partial charge in [-0.25, -0.2) is 0 Å². The summed E-state index contributed by atoms with van der Waals surface area (Å²) in [5.74, 6) is 0.406. The van der Waals surface area contributed by atoms with Crippen LogP contribution in [0.4, 0.5) is 0 Å². The van der Waals surface area contributed by atoms with Crippen molar-refractivity contribution >= 4 is 5.78 Å². The standard InChI is InChI=1S/C14H19NO/c16-14-9-11-15(12-14)10-5-4-8-13-6-2-1-3-7-13/h1-3,6-7H,4-5,8-12H2. The van der Waals surface area contributed by atoms with Gasteiger partial charge in [-0.15, -0.1) is 0 Å². The largest absolute Gasteiger partial charge is 0.298 e. The molecule has 2 nitrogen and oxygen atoms in total. The molecule has 16 heavy (non-hydrogen) atoms. The van der Waals surface area contributed by atoms with Crippen molar-refractivity contribution in [3.8, 4) is 0 Å². The number of carbonyl (C=O) groups excluding carboxylic acids is 1. The highest BCUT2D eigenvalue weighted by atomic mass is 16.1. The SMILES string of the molecule is O=C1CCN(CCCCc2ccccc2)C1. The lowest BCUT2D eigenvalue weighted by Gasteiger charge is -2.12. The van der Waals surface area contributed by atoms with Crippen molar-refractivity contribution in [2.24, 2.45) is 0 Å². The van der Waals surface area contributed by atoms with Gasteiger partial charge in [-0.1, -0.05) is 30.3 Å². The zero-order valence-electron chi connectivity index (χ0n) is 9.69. The first-order valence-corrected chi connectivity index (χ1v) is 6.12. The van der Waals surface area contributed by atoms with Crippen LogP contribution in [0, 0.1) is 0 Å². The summed E-state index contributed by atoms with van der Waals surface area (Å²) in [6.45, 7) is 2.74. The second-order valence-corrected chi connectivity index (χ2v) is 4.51. The molecule has 1 aromatic carbocycles. The monoisotopic (exact) mass is 217 g/mol. The highest BCUT2D eigenvalue weighted by Gasteiger charge is 2.17. The lowest BCUT2D eigenvalue weighted by molar-refractivity contribution is -0.116. The number of nitrogens with zero attached hydrogens (tertiary/aromatic N) is 1. The number of unbranched alkanes of at least 4 members (excludes halogenated alkanes) is 1. The molecule has 1 aromatic rings. The Morgan fingerprint density at radius 1 is 1.12 bits per heavy atom. The molecule has 0 atom stereocenters. The molecule has 0 radical (unpaired) electrons. The van der Waals surface area contributed by atoms with Gasteiger partial charge < -0.3 is 0 Å². The van der Waals surface area contributed by atoms with E-state index in [-0.39, 0.29) is 0 Å². The Hall–Kier alpha value is -1.15. The van der Waals surface area contributed by atoms with Gasteiger partial charge in [0.15, 0.2) is 0 Å². The average molecular weight is 217 g/mol. The van der Waals surface area contributed by atoms with Crippen LogP contribution >= 0.6 is 0 Å². The van der Waals surface area contributed by atoms with Crippen molar-refractivity contribution in [3.05, 3.63) is 35.9 Å². The molecule has 0 aromatic heterocycles. The van der Waals surface area contributed by atoms with E-state index in [0.29, 0.717) is 12.3 Å². The number of carbonyl (C=O) groups is 1. The lowest BCUT2D eigenvalue weighted by atomic mass is 10.1. The molecule has 1 heterocycles. The van der Waals surface area contributed by atoms with Gasteiger partial charge in [0, 0.05) is 13.0 Å². The molecule has 0 saturated carbocycles. The molecular formula is C14H19NO. The number of aryl methyl sites for hydroxylation is 1. The van der Waals surface area contributed by atoms with Crippen LogP contribution in [-0.2, 0) is 11.2 Å². The fourth-order valence-electron chi connectivity index (χ4n) is 2.19. The number of hydrogen-bond acceptors (Lipinski definition) is 2. The van der Waals surface area contributed by atoms with Crippen molar-refractivity contribution in [2.45, 2.75) is 25.7 Å². The summed E-state index contributed by atoms with van der Waals surface area (Å²) < 4.78 is 0. The fourth-order valence-corrected chi connectivity index (χ4v) is 2.19. The molecular weight excluding hydrogens is 198 g/mol. The molecule has 0 spiro atoms. The predicted molar refractivity (Wildman–Crippen MR) is 65.4 cm³/mol. The zero-order valence-corrected chi connectivity index (χ0v) is 9.69. The van der Waals surface area contributed by atoms with Crippen molar-refractivity contribution in [2.75, 3.05) is 19.6 Å². The van der Waals surface area contributed by atoms with Crippen molar-refractivity contribution < 1.29 is 4.79 Å². The Labute approximate surface area is 97.3 Å². The summed E-state index contributed by atoms with van der Waals surface area (Å²) in [6.07, 6.45) is 4.33.